The summed E-state index contributed by atoms with van der Waals surface area (Å²) >= 11 is 5.28. The molecule has 104 valence electrons. The lowest BCUT2D eigenvalue weighted by atomic mass is 10.2. The van der Waals surface area contributed by atoms with Crippen LogP contribution in [0.15, 0.2) is 60.3 Å². The van der Waals surface area contributed by atoms with E-state index in [1.165, 1.54) is 4.90 Å². The van der Waals surface area contributed by atoms with Gasteiger partial charge in [-0.05, 0) is 42.9 Å². The Morgan fingerprint density at radius 2 is 1.71 bits per heavy atom. The molecule has 0 radical (unpaired) electrons. The van der Waals surface area contributed by atoms with Crippen molar-refractivity contribution in [3.05, 3.63) is 71.4 Å². The van der Waals surface area contributed by atoms with Crippen LogP contribution < -0.4 is 10.2 Å². The number of thiocarbonyl (C=S) groups is 1. The van der Waals surface area contributed by atoms with Gasteiger partial charge in [-0.1, -0.05) is 48.0 Å². The van der Waals surface area contributed by atoms with Gasteiger partial charge in [-0.2, -0.15) is 0 Å². The molecule has 4 heteroatoms. The predicted molar refractivity (Wildman–Crippen MR) is 88.8 cm³/mol. The number of nitrogens with zero attached hydrogens (tertiary/aromatic N) is 1. The first-order chi connectivity index (χ1) is 10.1. The highest BCUT2D eigenvalue weighted by atomic mass is 32.1. The van der Waals surface area contributed by atoms with Crippen LogP contribution in [0, 0.1) is 6.92 Å². The van der Waals surface area contributed by atoms with Crippen molar-refractivity contribution in [2.45, 2.75) is 6.92 Å². The molecule has 2 aromatic rings. The molecule has 1 amide bonds. The Labute approximate surface area is 128 Å². The van der Waals surface area contributed by atoms with Crippen LogP contribution in [0.1, 0.15) is 11.1 Å². The van der Waals surface area contributed by atoms with Gasteiger partial charge >= 0.3 is 0 Å². The number of benzene rings is 2. The largest absolute Gasteiger partial charge is 0.327 e. The summed E-state index contributed by atoms with van der Waals surface area (Å²) in [5.74, 6) is -0.132. The first-order valence-corrected chi connectivity index (χ1v) is 7.05. The van der Waals surface area contributed by atoms with Crippen molar-refractivity contribution < 1.29 is 4.79 Å². The summed E-state index contributed by atoms with van der Waals surface area (Å²) < 4.78 is 0. The third kappa shape index (κ3) is 2.71. The number of hydrogen-bond acceptors (Lipinski definition) is 2. The quantitative estimate of drug-likeness (QED) is 0.681. The first kappa shape index (κ1) is 13.5. The van der Waals surface area contributed by atoms with E-state index in [2.05, 4.69) is 5.32 Å². The predicted octanol–water partition coefficient (Wildman–Crippen LogP) is 3.26. The van der Waals surface area contributed by atoms with Gasteiger partial charge < -0.3 is 5.32 Å². The Morgan fingerprint density at radius 3 is 2.38 bits per heavy atom. The molecule has 0 aliphatic carbocycles. The number of carbonyl (C=O) groups is 1. The van der Waals surface area contributed by atoms with E-state index in [9.17, 15) is 4.79 Å². The average molecular weight is 294 g/mol. The van der Waals surface area contributed by atoms with E-state index in [4.69, 9.17) is 12.2 Å². The highest BCUT2D eigenvalue weighted by molar-refractivity contribution is 7.80. The summed E-state index contributed by atoms with van der Waals surface area (Å²) in [4.78, 5) is 14.0. The van der Waals surface area contributed by atoms with Gasteiger partial charge in [0, 0.05) is 0 Å². The zero-order valence-electron chi connectivity index (χ0n) is 11.5. The van der Waals surface area contributed by atoms with Crippen LogP contribution in [-0.2, 0) is 4.79 Å². The third-order valence-electron chi connectivity index (χ3n) is 3.28. The van der Waals surface area contributed by atoms with Gasteiger partial charge in [0.25, 0.3) is 5.91 Å². The number of nitrogens with one attached hydrogen (secondary N) is 1. The normalized spacial score (nSPS) is 16.4. The van der Waals surface area contributed by atoms with Crippen molar-refractivity contribution in [1.82, 2.24) is 5.32 Å². The highest BCUT2D eigenvalue weighted by Gasteiger charge is 2.31. The summed E-state index contributed by atoms with van der Waals surface area (Å²) in [5.41, 5.74) is 3.37. The molecular weight excluding hydrogens is 280 g/mol. The second kappa shape index (κ2) is 5.50. The van der Waals surface area contributed by atoms with Crippen molar-refractivity contribution in [2.75, 3.05) is 4.90 Å². The lowest BCUT2D eigenvalue weighted by molar-refractivity contribution is -0.113. The second-order valence-corrected chi connectivity index (χ2v) is 5.26. The molecule has 1 heterocycles. The Hall–Kier alpha value is -2.46. The van der Waals surface area contributed by atoms with Crippen LogP contribution in [0.3, 0.4) is 0 Å². The average Bonchev–Trinajstić information content (AvgIpc) is 2.76. The third-order valence-corrected chi connectivity index (χ3v) is 3.57. The van der Waals surface area contributed by atoms with Gasteiger partial charge in [0.15, 0.2) is 5.11 Å². The van der Waals surface area contributed by atoms with E-state index in [1.54, 1.807) is 0 Å². The van der Waals surface area contributed by atoms with Crippen molar-refractivity contribution >= 4 is 35.0 Å². The van der Waals surface area contributed by atoms with Crippen LogP contribution in [0.2, 0.25) is 0 Å². The number of carbonyl (C=O) groups excluding carboxylic acids is 1. The molecule has 1 N–H and O–H groups in total. The molecule has 21 heavy (non-hydrogen) atoms. The molecule has 3 nitrogen and oxygen atoms in total. The second-order valence-electron chi connectivity index (χ2n) is 4.87. The Bertz CT molecular complexity index is 720. The maximum atomic E-state index is 12.5. The van der Waals surface area contributed by atoms with Gasteiger partial charge in [-0.25, -0.2) is 0 Å². The van der Waals surface area contributed by atoms with Crippen LogP contribution in [0.25, 0.3) is 6.08 Å². The lowest BCUT2D eigenvalue weighted by Crippen LogP contribution is -2.30. The molecule has 0 unspecified atom stereocenters. The van der Waals surface area contributed by atoms with Crippen LogP contribution in [0.5, 0.6) is 0 Å². The van der Waals surface area contributed by atoms with E-state index in [0.29, 0.717) is 10.8 Å². The summed E-state index contributed by atoms with van der Waals surface area (Å²) in [6.45, 7) is 2.01. The van der Waals surface area contributed by atoms with Crippen molar-refractivity contribution in [3.63, 3.8) is 0 Å². The number of amides is 1. The summed E-state index contributed by atoms with van der Waals surface area (Å²) in [5, 5.41) is 3.39. The maximum Gasteiger partial charge on any atom is 0.281 e. The molecule has 2 aromatic carbocycles. The van der Waals surface area contributed by atoms with Gasteiger partial charge in [0.05, 0.1) is 5.69 Å². The fourth-order valence-corrected chi connectivity index (χ4v) is 2.48. The topological polar surface area (TPSA) is 32.3 Å². The number of anilines is 1. The Kier molecular flexibility index (Phi) is 3.54. The smallest absolute Gasteiger partial charge is 0.281 e. The summed E-state index contributed by atoms with van der Waals surface area (Å²) in [7, 11) is 0. The highest BCUT2D eigenvalue weighted by Crippen LogP contribution is 2.22. The lowest BCUT2D eigenvalue weighted by Gasteiger charge is -2.13. The Morgan fingerprint density at radius 1 is 1.05 bits per heavy atom. The van der Waals surface area contributed by atoms with Gasteiger partial charge in [-0.3, -0.25) is 9.69 Å². The molecule has 1 aliphatic heterocycles. The van der Waals surface area contributed by atoms with E-state index in [-0.39, 0.29) is 5.91 Å². The zero-order valence-corrected chi connectivity index (χ0v) is 12.4. The van der Waals surface area contributed by atoms with Gasteiger partial charge in [0.2, 0.25) is 0 Å². The monoisotopic (exact) mass is 294 g/mol. The molecule has 0 saturated carbocycles. The van der Waals surface area contributed by atoms with Crippen LogP contribution in [0.4, 0.5) is 5.69 Å². The summed E-state index contributed by atoms with van der Waals surface area (Å²) in [6.07, 6.45) is 1.81. The minimum Gasteiger partial charge on any atom is -0.327 e. The standard InChI is InChI=1S/C17H14N2OS/c1-12-7-9-14(10-8-12)19-16(20)15(18-17(19)21)11-13-5-3-2-4-6-13/h2-11H,1H3,(H,18,21)/b15-11+. The molecular formula is C17H14N2OS. The number of rotatable bonds is 2. The zero-order chi connectivity index (χ0) is 14.8. The number of hydrogen-bond donors (Lipinski definition) is 1. The molecule has 0 atom stereocenters. The minimum absolute atomic E-state index is 0.132. The fourth-order valence-electron chi connectivity index (χ4n) is 2.18. The molecule has 0 bridgehead atoms. The summed E-state index contributed by atoms with van der Waals surface area (Å²) in [6, 6.07) is 17.4. The van der Waals surface area contributed by atoms with E-state index in [0.717, 1.165) is 16.8 Å². The molecule has 1 aliphatic rings. The molecule has 3 rings (SSSR count). The van der Waals surface area contributed by atoms with Crippen molar-refractivity contribution in [3.8, 4) is 0 Å². The van der Waals surface area contributed by atoms with E-state index < -0.39 is 0 Å². The fraction of sp³-hybridized carbons (Fsp3) is 0.0588. The molecule has 0 aromatic heterocycles. The van der Waals surface area contributed by atoms with Crippen molar-refractivity contribution in [2.24, 2.45) is 0 Å². The minimum atomic E-state index is -0.132. The van der Waals surface area contributed by atoms with E-state index >= 15 is 0 Å². The molecule has 1 saturated heterocycles. The first-order valence-electron chi connectivity index (χ1n) is 6.64. The van der Waals surface area contributed by atoms with E-state index in [1.807, 2.05) is 67.6 Å². The van der Waals surface area contributed by atoms with Gasteiger partial charge in [0.1, 0.15) is 5.70 Å². The SMILES string of the molecule is Cc1ccc(N2C(=O)/C(=C\c3ccccc3)NC2=S)cc1. The molecule has 1 fully saturated rings. The number of aryl methyl sites for hydroxylation is 1. The van der Waals surface area contributed by atoms with Crippen molar-refractivity contribution in [1.29, 1.82) is 0 Å². The Balaban J connectivity index is 1.92. The van der Waals surface area contributed by atoms with Crippen LogP contribution >= 0.6 is 12.2 Å². The van der Waals surface area contributed by atoms with Gasteiger partial charge in [-0.15, -0.1) is 0 Å². The molecule has 0 spiro atoms. The van der Waals surface area contributed by atoms with Crippen LogP contribution in [-0.4, -0.2) is 11.0 Å². The maximum absolute atomic E-state index is 12.5.